The summed E-state index contributed by atoms with van der Waals surface area (Å²) in [5, 5.41) is 12.4. The Balaban J connectivity index is 1.61. The normalized spacial score (nSPS) is 55.9. The fourth-order valence-corrected chi connectivity index (χ4v) is 12.2. The minimum absolute atomic E-state index is 0.130. The Labute approximate surface area is 221 Å². The maximum atomic E-state index is 13.6. The summed E-state index contributed by atoms with van der Waals surface area (Å²) in [6, 6.07) is 0. The van der Waals surface area contributed by atoms with Gasteiger partial charge in [-0.15, -0.1) is 0 Å². The van der Waals surface area contributed by atoms with E-state index in [1.54, 1.807) is 0 Å². The molecule has 0 amide bonds. The van der Waals surface area contributed by atoms with Gasteiger partial charge in [0.05, 0.1) is 6.61 Å². The van der Waals surface area contributed by atoms with Crippen molar-refractivity contribution in [2.45, 2.75) is 132 Å². The lowest BCUT2D eigenvalue weighted by Crippen LogP contribution is -2.73. The van der Waals surface area contributed by atoms with Gasteiger partial charge in [0, 0.05) is 5.41 Å². The SMILES string of the molecule is CCOC(=O)C1(O)CCC(C)(C)[C@@H]2CC[C@]3(C)[C@H](CC[C@@H]4[C@@H]5[C@@H](C)[C@H](C)CC[C@]5(C)CC[C@]43C)[C@]21C. The van der Waals surface area contributed by atoms with Gasteiger partial charge in [0.1, 0.15) is 0 Å². The molecule has 3 nitrogen and oxygen atoms in total. The molecule has 0 heterocycles. The molecular formula is C33H56O3. The van der Waals surface area contributed by atoms with Crippen molar-refractivity contribution in [2.24, 2.45) is 62.6 Å². The molecule has 5 saturated carbocycles. The van der Waals surface area contributed by atoms with Gasteiger partial charge in [-0.25, -0.2) is 4.79 Å². The topological polar surface area (TPSA) is 46.5 Å². The third-order valence-corrected chi connectivity index (χ3v) is 14.7. The van der Waals surface area contributed by atoms with Crippen molar-refractivity contribution >= 4 is 5.97 Å². The smallest absolute Gasteiger partial charge is 0.338 e. The molecule has 5 aliphatic carbocycles. The van der Waals surface area contributed by atoms with Gasteiger partial charge in [-0.2, -0.15) is 0 Å². The van der Waals surface area contributed by atoms with E-state index in [0.717, 1.165) is 42.9 Å². The predicted octanol–water partition coefficient (Wildman–Crippen LogP) is 8.04. The van der Waals surface area contributed by atoms with Crippen LogP contribution in [0.5, 0.6) is 0 Å². The van der Waals surface area contributed by atoms with Crippen molar-refractivity contribution in [1.29, 1.82) is 0 Å². The van der Waals surface area contributed by atoms with E-state index in [9.17, 15) is 9.90 Å². The van der Waals surface area contributed by atoms with Crippen LogP contribution in [0.25, 0.3) is 0 Å². The first-order valence-corrected chi connectivity index (χ1v) is 15.5. The van der Waals surface area contributed by atoms with Crippen LogP contribution in [0.1, 0.15) is 127 Å². The Morgan fingerprint density at radius 1 is 0.806 bits per heavy atom. The second-order valence-corrected chi connectivity index (χ2v) is 16.1. The van der Waals surface area contributed by atoms with Gasteiger partial charge in [-0.05, 0) is 128 Å². The molecule has 206 valence electrons. The highest BCUT2D eigenvalue weighted by atomic mass is 16.5. The Morgan fingerprint density at radius 3 is 2.17 bits per heavy atom. The van der Waals surface area contributed by atoms with Gasteiger partial charge in [-0.1, -0.05) is 55.4 Å². The zero-order chi connectivity index (χ0) is 26.5. The lowest BCUT2D eigenvalue weighted by atomic mass is 9.30. The summed E-state index contributed by atoms with van der Waals surface area (Å²) in [6.07, 6.45) is 11.6. The Bertz CT molecular complexity index is 895. The summed E-state index contributed by atoms with van der Waals surface area (Å²) in [5.41, 5.74) is -0.819. The van der Waals surface area contributed by atoms with E-state index in [4.69, 9.17) is 4.74 Å². The third kappa shape index (κ3) is 3.16. The van der Waals surface area contributed by atoms with Gasteiger partial charge in [0.25, 0.3) is 0 Å². The molecule has 5 aliphatic rings. The van der Waals surface area contributed by atoms with Crippen LogP contribution in [0, 0.1) is 62.6 Å². The lowest BCUT2D eigenvalue weighted by Gasteiger charge is -2.75. The number of aliphatic hydroxyl groups is 1. The molecule has 11 atom stereocenters. The summed E-state index contributed by atoms with van der Waals surface area (Å²) in [4.78, 5) is 13.6. The molecule has 0 bridgehead atoms. The van der Waals surface area contributed by atoms with Crippen molar-refractivity contribution < 1.29 is 14.6 Å². The number of hydrogen-bond acceptors (Lipinski definition) is 3. The fourth-order valence-electron chi connectivity index (χ4n) is 12.2. The first-order valence-electron chi connectivity index (χ1n) is 15.5. The number of ether oxygens (including phenoxy) is 1. The van der Waals surface area contributed by atoms with E-state index < -0.39 is 11.0 Å². The molecule has 0 aromatic carbocycles. The van der Waals surface area contributed by atoms with Crippen molar-refractivity contribution in [2.75, 3.05) is 6.61 Å². The number of fused-ring (bicyclic) bond motifs is 7. The molecule has 1 N–H and O–H groups in total. The molecule has 0 saturated heterocycles. The highest BCUT2D eigenvalue weighted by Crippen LogP contribution is 2.78. The van der Waals surface area contributed by atoms with Gasteiger partial charge in [-0.3, -0.25) is 0 Å². The molecule has 36 heavy (non-hydrogen) atoms. The van der Waals surface area contributed by atoms with E-state index in [-0.39, 0.29) is 22.2 Å². The molecule has 0 radical (unpaired) electrons. The number of esters is 1. The van der Waals surface area contributed by atoms with E-state index in [2.05, 4.69) is 55.4 Å². The average molecular weight is 501 g/mol. The Hall–Kier alpha value is -0.570. The van der Waals surface area contributed by atoms with Gasteiger partial charge in [0.2, 0.25) is 0 Å². The lowest BCUT2D eigenvalue weighted by molar-refractivity contribution is -0.291. The van der Waals surface area contributed by atoms with E-state index in [1.807, 2.05) is 6.92 Å². The summed E-state index contributed by atoms with van der Waals surface area (Å²) >= 11 is 0. The second kappa shape index (κ2) is 8.22. The van der Waals surface area contributed by atoms with Crippen LogP contribution >= 0.6 is 0 Å². The zero-order valence-corrected chi connectivity index (χ0v) is 25.0. The van der Waals surface area contributed by atoms with Crippen LogP contribution < -0.4 is 0 Å². The molecular weight excluding hydrogens is 444 g/mol. The van der Waals surface area contributed by atoms with Crippen molar-refractivity contribution in [1.82, 2.24) is 0 Å². The minimum atomic E-state index is -1.38. The molecule has 0 aromatic heterocycles. The summed E-state index contributed by atoms with van der Waals surface area (Å²) in [7, 11) is 0. The van der Waals surface area contributed by atoms with Crippen molar-refractivity contribution in [3.8, 4) is 0 Å². The van der Waals surface area contributed by atoms with Crippen LogP contribution in [0.3, 0.4) is 0 Å². The van der Waals surface area contributed by atoms with Gasteiger partial charge >= 0.3 is 5.97 Å². The maximum Gasteiger partial charge on any atom is 0.338 e. The summed E-state index contributed by atoms with van der Waals surface area (Å²) in [5.74, 6) is 3.49. The average Bonchev–Trinajstić information content (AvgIpc) is 2.80. The number of carbonyl (C=O) groups excluding carboxylic acids is 1. The van der Waals surface area contributed by atoms with Crippen LogP contribution in [0.4, 0.5) is 0 Å². The molecule has 5 rings (SSSR count). The fraction of sp³-hybridized carbons (Fsp3) is 0.970. The third-order valence-electron chi connectivity index (χ3n) is 14.7. The zero-order valence-electron chi connectivity index (χ0n) is 25.0. The summed E-state index contributed by atoms with van der Waals surface area (Å²) < 4.78 is 5.63. The van der Waals surface area contributed by atoms with E-state index in [1.165, 1.54) is 38.5 Å². The highest BCUT2D eigenvalue weighted by molar-refractivity contribution is 5.81. The van der Waals surface area contributed by atoms with Crippen LogP contribution in [-0.2, 0) is 9.53 Å². The summed E-state index contributed by atoms with van der Waals surface area (Å²) in [6.45, 7) is 22.2. The van der Waals surface area contributed by atoms with Crippen molar-refractivity contribution in [3.63, 3.8) is 0 Å². The second-order valence-electron chi connectivity index (χ2n) is 16.1. The van der Waals surface area contributed by atoms with Crippen LogP contribution in [0.2, 0.25) is 0 Å². The largest absolute Gasteiger partial charge is 0.464 e. The number of rotatable bonds is 2. The molecule has 0 aliphatic heterocycles. The van der Waals surface area contributed by atoms with E-state index in [0.29, 0.717) is 30.3 Å². The predicted molar refractivity (Wildman–Crippen MR) is 146 cm³/mol. The monoisotopic (exact) mass is 500 g/mol. The van der Waals surface area contributed by atoms with E-state index >= 15 is 0 Å². The standard InChI is InChI=1S/C33H56O3/c1-10-36-27(34)33(35)20-17-28(4,5)24-14-16-31(8)25(32(24,33)9)12-11-23-26-22(3)21(2)13-15-29(26,6)18-19-30(23,31)7/h21-26,35H,10-20H2,1-9H3/t21-,22+,23-,24+,25+,26+,29-,30-,31-,32+,33?/m1/s1. The Kier molecular flexibility index (Phi) is 6.17. The molecule has 3 heteroatoms. The van der Waals surface area contributed by atoms with Gasteiger partial charge < -0.3 is 9.84 Å². The maximum absolute atomic E-state index is 13.6. The van der Waals surface area contributed by atoms with Crippen LogP contribution in [0.15, 0.2) is 0 Å². The highest BCUT2D eigenvalue weighted by Gasteiger charge is 2.75. The molecule has 1 unspecified atom stereocenters. The molecule has 5 fully saturated rings. The molecule has 0 aromatic rings. The Morgan fingerprint density at radius 2 is 1.50 bits per heavy atom. The minimum Gasteiger partial charge on any atom is -0.464 e. The van der Waals surface area contributed by atoms with Gasteiger partial charge in [0.15, 0.2) is 5.60 Å². The van der Waals surface area contributed by atoms with Crippen molar-refractivity contribution in [3.05, 3.63) is 0 Å². The first kappa shape index (κ1) is 27.0. The van der Waals surface area contributed by atoms with Crippen LogP contribution in [-0.4, -0.2) is 23.3 Å². The number of hydrogen-bond donors (Lipinski definition) is 1. The quantitative estimate of drug-likeness (QED) is 0.390. The first-order chi connectivity index (χ1) is 16.6. The number of carbonyl (C=O) groups is 1. The molecule has 0 spiro atoms.